The fraction of sp³-hybridized carbons (Fsp3) is 0.647. The SMILES string of the molecule is CC(C)(C)OC(=O)N1CCC2(CC1)CN(c1ccc([N+](=O)[O-])c(N)n1)C2. The largest absolute Gasteiger partial charge is 0.444 e. The monoisotopic (exact) mass is 363 g/mol. The molecular weight excluding hydrogens is 338 g/mol. The maximum Gasteiger partial charge on any atom is 0.410 e. The number of likely N-dealkylation sites (tertiary alicyclic amines) is 1. The van der Waals surface area contributed by atoms with Crippen molar-refractivity contribution < 1.29 is 14.5 Å². The van der Waals surface area contributed by atoms with E-state index in [2.05, 4.69) is 9.88 Å². The van der Waals surface area contributed by atoms with Crippen LogP contribution in [-0.2, 0) is 4.74 Å². The molecule has 26 heavy (non-hydrogen) atoms. The zero-order chi connectivity index (χ0) is 19.1. The summed E-state index contributed by atoms with van der Waals surface area (Å²) >= 11 is 0. The number of hydrogen-bond donors (Lipinski definition) is 1. The highest BCUT2D eigenvalue weighted by molar-refractivity contribution is 5.68. The van der Waals surface area contributed by atoms with Crippen LogP contribution < -0.4 is 10.6 Å². The second-order valence-electron chi connectivity index (χ2n) is 8.15. The van der Waals surface area contributed by atoms with Gasteiger partial charge in [0.25, 0.3) is 0 Å². The molecule has 9 nitrogen and oxygen atoms in total. The molecule has 2 aliphatic rings. The lowest BCUT2D eigenvalue weighted by Crippen LogP contribution is -2.61. The van der Waals surface area contributed by atoms with Gasteiger partial charge in [-0.2, -0.15) is 0 Å². The summed E-state index contributed by atoms with van der Waals surface area (Å²) in [4.78, 5) is 30.4. The Hall–Kier alpha value is -2.58. The lowest BCUT2D eigenvalue weighted by atomic mass is 9.72. The van der Waals surface area contributed by atoms with Crippen LogP contribution in [0.1, 0.15) is 33.6 Å². The average molecular weight is 363 g/mol. The number of ether oxygens (including phenoxy) is 1. The Morgan fingerprint density at radius 3 is 2.42 bits per heavy atom. The number of piperidine rings is 1. The zero-order valence-electron chi connectivity index (χ0n) is 15.4. The number of hydrogen-bond acceptors (Lipinski definition) is 7. The number of rotatable bonds is 2. The summed E-state index contributed by atoms with van der Waals surface area (Å²) in [6.45, 7) is 8.59. The number of carbonyl (C=O) groups excluding carboxylic acids is 1. The highest BCUT2D eigenvalue weighted by atomic mass is 16.6. The van der Waals surface area contributed by atoms with Crippen molar-refractivity contribution in [1.29, 1.82) is 0 Å². The third kappa shape index (κ3) is 3.66. The molecule has 142 valence electrons. The maximum absolute atomic E-state index is 12.2. The number of nitrogen functional groups attached to an aromatic ring is 1. The van der Waals surface area contributed by atoms with E-state index in [0.29, 0.717) is 18.9 Å². The number of nitro groups is 1. The van der Waals surface area contributed by atoms with Gasteiger partial charge in [0.15, 0.2) is 0 Å². The average Bonchev–Trinajstić information content (AvgIpc) is 2.50. The summed E-state index contributed by atoms with van der Waals surface area (Å²) in [6.07, 6.45) is 1.56. The molecule has 0 aromatic carbocycles. The standard InChI is InChI=1S/C17H25N5O4/c1-16(2,3)26-15(23)20-8-6-17(7-9-20)10-21(11-17)13-5-4-12(22(24)25)14(18)19-13/h4-5H,6-11H2,1-3H3,(H2,18,19). The number of nitrogens with zero attached hydrogens (tertiary/aromatic N) is 4. The molecule has 2 saturated heterocycles. The Bertz CT molecular complexity index is 714. The van der Waals surface area contributed by atoms with Gasteiger partial charge in [-0.15, -0.1) is 0 Å². The second-order valence-corrected chi connectivity index (χ2v) is 8.15. The van der Waals surface area contributed by atoms with E-state index in [1.165, 1.54) is 6.07 Å². The number of pyridine rings is 1. The van der Waals surface area contributed by atoms with E-state index in [9.17, 15) is 14.9 Å². The Labute approximate surface area is 152 Å². The zero-order valence-corrected chi connectivity index (χ0v) is 15.4. The van der Waals surface area contributed by atoms with Crippen molar-refractivity contribution in [1.82, 2.24) is 9.88 Å². The predicted molar refractivity (Wildman–Crippen MR) is 97.0 cm³/mol. The topological polar surface area (TPSA) is 115 Å². The number of carbonyl (C=O) groups is 1. The van der Waals surface area contributed by atoms with Gasteiger partial charge in [-0.25, -0.2) is 9.78 Å². The summed E-state index contributed by atoms with van der Waals surface area (Å²) < 4.78 is 5.43. The quantitative estimate of drug-likeness (QED) is 0.633. The smallest absolute Gasteiger partial charge is 0.410 e. The van der Waals surface area contributed by atoms with Crippen molar-refractivity contribution in [3.63, 3.8) is 0 Å². The highest BCUT2D eigenvalue weighted by Crippen LogP contribution is 2.42. The van der Waals surface area contributed by atoms with Crippen LogP contribution in [-0.4, -0.2) is 52.7 Å². The minimum Gasteiger partial charge on any atom is -0.444 e. The van der Waals surface area contributed by atoms with E-state index < -0.39 is 10.5 Å². The third-order valence-corrected chi connectivity index (χ3v) is 4.94. The molecule has 3 heterocycles. The van der Waals surface area contributed by atoms with Gasteiger partial charge in [0.1, 0.15) is 11.4 Å². The van der Waals surface area contributed by atoms with E-state index in [0.717, 1.165) is 25.9 Å². The van der Waals surface area contributed by atoms with Crippen LogP contribution in [0.2, 0.25) is 0 Å². The molecule has 9 heteroatoms. The second kappa shape index (κ2) is 6.30. The van der Waals surface area contributed by atoms with Gasteiger partial charge in [-0.1, -0.05) is 0 Å². The summed E-state index contributed by atoms with van der Waals surface area (Å²) in [7, 11) is 0. The van der Waals surface area contributed by atoms with Crippen molar-refractivity contribution in [3.05, 3.63) is 22.2 Å². The van der Waals surface area contributed by atoms with Crippen molar-refractivity contribution in [2.75, 3.05) is 36.8 Å². The first-order chi connectivity index (χ1) is 12.1. The lowest BCUT2D eigenvalue weighted by Gasteiger charge is -2.54. The molecule has 1 spiro atoms. The molecule has 0 radical (unpaired) electrons. The van der Waals surface area contributed by atoms with Gasteiger partial charge in [-0.3, -0.25) is 10.1 Å². The number of aromatic nitrogens is 1. The van der Waals surface area contributed by atoms with Crippen LogP contribution in [0.25, 0.3) is 0 Å². The molecule has 2 N–H and O–H groups in total. The van der Waals surface area contributed by atoms with Gasteiger partial charge < -0.3 is 20.3 Å². The molecule has 1 amide bonds. The molecular formula is C17H25N5O4. The van der Waals surface area contributed by atoms with Gasteiger partial charge in [0.05, 0.1) is 4.92 Å². The Morgan fingerprint density at radius 2 is 1.92 bits per heavy atom. The van der Waals surface area contributed by atoms with Crippen molar-refractivity contribution >= 4 is 23.4 Å². The van der Waals surface area contributed by atoms with Crippen LogP contribution in [0.4, 0.5) is 22.1 Å². The first-order valence-corrected chi connectivity index (χ1v) is 8.72. The van der Waals surface area contributed by atoms with Gasteiger partial charge in [0, 0.05) is 37.7 Å². The predicted octanol–water partition coefficient (Wildman–Crippen LogP) is 2.41. The van der Waals surface area contributed by atoms with E-state index in [1.807, 2.05) is 20.8 Å². The van der Waals surface area contributed by atoms with Crippen LogP contribution >= 0.6 is 0 Å². The first kappa shape index (κ1) is 18.2. The van der Waals surface area contributed by atoms with E-state index >= 15 is 0 Å². The molecule has 3 rings (SSSR count). The fourth-order valence-electron chi connectivity index (χ4n) is 3.52. The first-order valence-electron chi connectivity index (χ1n) is 8.72. The van der Waals surface area contributed by atoms with Crippen molar-refractivity contribution in [2.24, 2.45) is 5.41 Å². The Balaban J connectivity index is 1.55. The number of anilines is 2. The molecule has 0 unspecified atom stereocenters. The number of nitrogens with two attached hydrogens (primary N) is 1. The van der Waals surface area contributed by atoms with E-state index in [1.54, 1.807) is 11.0 Å². The minimum atomic E-state index is -0.532. The van der Waals surface area contributed by atoms with Gasteiger partial charge in [0.2, 0.25) is 5.82 Å². The summed E-state index contributed by atoms with van der Waals surface area (Å²) in [5.41, 5.74) is 5.18. The molecule has 0 bridgehead atoms. The molecule has 2 fully saturated rings. The van der Waals surface area contributed by atoms with Crippen LogP contribution in [0.15, 0.2) is 12.1 Å². The van der Waals surface area contributed by atoms with Gasteiger partial charge >= 0.3 is 11.8 Å². The van der Waals surface area contributed by atoms with Crippen LogP contribution in [0.3, 0.4) is 0 Å². The maximum atomic E-state index is 12.2. The molecule has 0 saturated carbocycles. The third-order valence-electron chi connectivity index (χ3n) is 4.94. The van der Waals surface area contributed by atoms with Crippen LogP contribution in [0, 0.1) is 15.5 Å². The molecule has 0 atom stereocenters. The lowest BCUT2D eigenvalue weighted by molar-refractivity contribution is -0.384. The van der Waals surface area contributed by atoms with E-state index in [4.69, 9.17) is 10.5 Å². The highest BCUT2D eigenvalue weighted by Gasteiger charge is 2.46. The van der Waals surface area contributed by atoms with Crippen molar-refractivity contribution in [3.8, 4) is 0 Å². The molecule has 1 aromatic heterocycles. The number of amides is 1. The summed E-state index contributed by atoms with van der Waals surface area (Å²) in [6, 6.07) is 3.03. The minimum absolute atomic E-state index is 0.0619. The molecule has 2 aliphatic heterocycles. The normalized spacial score (nSPS) is 19.2. The molecule has 1 aromatic rings. The Kier molecular flexibility index (Phi) is 4.41. The fourth-order valence-corrected chi connectivity index (χ4v) is 3.52. The van der Waals surface area contributed by atoms with Gasteiger partial charge in [-0.05, 0) is 39.7 Å². The summed E-state index contributed by atoms with van der Waals surface area (Å²) in [5, 5.41) is 10.8. The Morgan fingerprint density at radius 1 is 1.31 bits per heavy atom. The van der Waals surface area contributed by atoms with E-state index in [-0.39, 0.29) is 23.0 Å². The molecule has 0 aliphatic carbocycles. The van der Waals surface area contributed by atoms with Crippen molar-refractivity contribution in [2.45, 2.75) is 39.2 Å². The van der Waals surface area contributed by atoms with Crippen LogP contribution in [0.5, 0.6) is 0 Å². The summed E-state index contributed by atoms with van der Waals surface area (Å²) in [5.74, 6) is 0.599.